The third kappa shape index (κ3) is 3.94. The number of aliphatic hydroxyl groups excluding tert-OH is 9. The Morgan fingerprint density at radius 3 is 1.91 bits per heavy atom. The topological polar surface area (TPSA) is 258 Å². The van der Waals surface area contributed by atoms with Crippen molar-refractivity contribution in [2.75, 3.05) is 19.8 Å². The van der Waals surface area contributed by atoms with E-state index in [0.717, 1.165) is 0 Å². The fraction of sp³-hybridized carbons (Fsp3) is 1.00. The van der Waals surface area contributed by atoms with Gasteiger partial charge in [0.1, 0.15) is 61.0 Å². The van der Waals surface area contributed by atoms with Crippen molar-refractivity contribution in [2.45, 2.75) is 91.1 Å². The summed E-state index contributed by atoms with van der Waals surface area (Å²) >= 11 is 3.52. The van der Waals surface area contributed by atoms with Gasteiger partial charge in [-0.3, -0.25) is 4.18 Å². The second-order valence-corrected chi connectivity index (χ2v) is 9.15. The highest BCUT2D eigenvalue weighted by Gasteiger charge is 2.86. The Hall–Kier alpha value is -0.290. The maximum absolute atomic E-state index is 11.3. The maximum atomic E-state index is 11.3. The van der Waals surface area contributed by atoms with Gasteiger partial charge in [-0.05, 0) is 12.9 Å². The van der Waals surface area contributed by atoms with Crippen molar-refractivity contribution in [3.8, 4) is 0 Å². The lowest BCUT2D eigenvalue weighted by Crippen LogP contribution is -2.96. The number of fused-ring (bicyclic) bond motifs is 1. The van der Waals surface area contributed by atoms with Crippen LogP contribution in [-0.2, 0) is 27.9 Å². The second-order valence-electron chi connectivity index (χ2n) is 8.93. The summed E-state index contributed by atoms with van der Waals surface area (Å²) in [4.78, 5) is 0. The predicted molar refractivity (Wildman–Crippen MR) is 107 cm³/mol. The van der Waals surface area contributed by atoms with E-state index in [1.54, 1.807) is 0 Å². The third-order valence-electron chi connectivity index (χ3n) is 7.12. The van der Waals surface area contributed by atoms with Gasteiger partial charge >= 0.3 is 0 Å². The zero-order valence-corrected chi connectivity index (χ0v) is 18.9. The molecule has 0 aromatic rings. The molecule has 3 aliphatic heterocycles. The van der Waals surface area contributed by atoms with Crippen LogP contribution in [0.1, 0.15) is 0 Å². The first-order valence-corrected chi connectivity index (χ1v) is 11.1. The molecule has 10 N–H and O–H groups in total. The van der Waals surface area contributed by atoms with Gasteiger partial charge in [0.15, 0.2) is 30.1 Å². The van der Waals surface area contributed by atoms with E-state index in [1.807, 2.05) is 0 Å². The van der Waals surface area contributed by atoms with Crippen molar-refractivity contribution in [3.63, 3.8) is 0 Å². The van der Waals surface area contributed by atoms with Crippen molar-refractivity contribution in [1.29, 1.82) is 0 Å². The molecule has 9 unspecified atom stereocenters. The van der Waals surface area contributed by atoms with Crippen LogP contribution in [0.2, 0.25) is 0 Å². The summed E-state index contributed by atoms with van der Waals surface area (Å²) in [5, 5.41) is 101. The van der Waals surface area contributed by atoms with E-state index in [4.69, 9.17) is 23.7 Å². The minimum atomic E-state index is -2.32. The van der Waals surface area contributed by atoms with Crippen LogP contribution in [-0.4, -0.2) is 162 Å². The summed E-state index contributed by atoms with van der Waals surface area (Å²) in [5.74, 6) is 0. The number of hydrogen-bond acceptors (Lipinski definition) is 17. The van der Waals surface area contributed by atoms with Crippen molar-refractivity contribution >= 4 is 12.9 Å². The van der Waals surface area contributed by atoms with Crippen LogP contribution in [0.3, 0.4) is 0 Å². The van der Waals surface area contributed by atoms with Crippen molar-refractivity contribution in [2.24, 2.45) is 0 Å². The molecule has 0 aromatic heterocycles. The van der Waals surface area contributed by atoms with Gasteiger partial charge < -0.3 is 74.7 Å². The van der Waals surface area contributed by atoms with Crippen LogP contribution in [0.15, 0.2) is 0 Å². The first-order valence-electron chi connectivity index (χ1n) is 10.8. The highest BCUT2D eigenvalue weighted by molar-refractivity contribution is 7.75. The molecule has 0 spiro atoms. The average Bonchev–Trinajstić information content (AvgIpc) is 2.86. The molecule has 0 bridgehead atoms. The fourth-order valence-corrected chi connectivity index (χ4v) is 5.10. The molecule has 15 atom stereocenters. The first-order chi connectivity index (χ1) is 16.5. The molecule has 0 radical (unpaired) electrons. The van der Waals surface area contributed by atoms with E-state index in [-0.39, 0.29) is 0 Å². The zero-order chi connectivity index (χ0) is 25.9. The SMILES string of the molecule is OCC1O[C@H](OC2[C@@H](O)C3(CO)O[C@@H](O[C@@H]4C(CO)O[C@@H](OS)C(O)C4O)C23O)C(O)C(O)[C@H]1O. The molecule has 3 heterocycles. The fourth-order valence-electron chi connectivity index (χ4n) is 4.93. The zero-order valence-electron chi connectivity index (χ0n) is 18.0. The molecule has 1 aliphatic carbocycles. The number of rotatable bonds is 8. The van der Waals surface area contributed by atoms with Gasteiger partial charge in [-0.1, -0.05) is 0 Å². The molecule has 0 amide bonds. The molecule has 4 fully saturated rings. The molecule has 3 saturated heterocycles. The Kier molecular flexibility index (Phi) is 8.02. The molecule has 4 aliphatic rings. The van der Waals surface area contributed by atoms with E-state index in [9.17, 15) is 51.1 Å². The molecule has 204 valence electrons. The minimum Gasteiger partial charge on any atom is -0.394 e. The third-order valence-corrected chi connectivity index (χ3v) is 7.33. The maximum Gasteiger partial charge on any atom is 0.199 e. The summed E-state index contributed by atoms with van der Waals surface area (Å²) < 4.78 is 31.5. The van der Waals surface area contributed by atoms with Gasteiger partial charge in [0.05, 0.1) is 19.8 Å². The highest BCUT2D eigenvalue weighted by atomic mass is 32.1. The van der Waals surface area contributed by atoms with Gasteiger partial charge in [-0.25, -0.2) is 0 Å². The molecule has 0 aromatic carbocycles. The molecule has 17 heteroatoms. The minimum absolute atomic E-state index is 0.716. The van der Waals surface area contributed by atoms with Gasteiger partial charge in [-0.2, -0.15) is 0 Å². The van der Waals surface area contributed by atoms with E-state index >= 15 is 0 Å². The smallest absolute Gasteiger partial charge is 0.199 e. The average molecular weight is 534 g/mol. The van der Waals surface area contributed by atoms with Crippen molar-refractivity contribution in [3.05, 3.63) is 0 Å². The van der Waals surface area contributed by atoms with Crippen molar-refractivity contribution < 1.29 is 78.9 Å². The number of hydrogen-bond donors (Lipinski definition) is 11. The van der Waals surface area contributed by atoms with Crippen LogP contribution in [0.4, 0.5) is 0 Å². The quantitative estimate of drug-likeness (QED) is 0.102. The highest BCUT2D eigenvalue weighted by Crippen LogP contribution is 2.59. The largest absolute Gasteiger partial charge is 0.394 e. The summed E-state index contributed by atoms with van der Waals surface area (Å²) in [5.41, 5.74) is -4.32. The van der Waals surface area contributed by atoms with Gasteiger partial charge in [-0.15, -0.1) is 0 Å². The predicted octanol–water partition coefficient (Wildman–Crippen LogP) is -6.95. The standard InChI is InChI=1S/C18H30O16S/c19-1-4-6(22)7(23)9(25)14(29-4)32-13-12(27)17(3-21)18(13,28)16(33-17)31-11-5(2-20)30-15(34-35)10(26)8(11)24/h4-16,19-28,35H,1-3H2/t4?,5?,6-,7?,8?,9?,10?,11+,12+,13?,14+,15-,16+,17?,18?/m0/s1. The van der Waals surface area contributed by atoms with E-state index in [0.29, 0.717) is 0 Å². The summed E-state index contributed by atoms with van der Waals surface area (Å²) in [6.07, 6.45) is -21.1. The molecular formula is C18H30O16S. The summed E-state index contributed by atoms with van der Waals surface area (Å²) in [7, 11) is 0. The van der Waals surface area contributed by atoms with E-state index < -0.39 is 111 Å². The Bertz CT molecular complexity index is 745. The van der Waals surface area contributed by atoms with Gasteiger partial charge in [0.2, 0.25) is 0 Å². The van der Waals surface area contributed by atoms with Crippen LogP contribution in [0, 0.1) is 0 Å². The van der Waals surface area contributed by atoms with E-state index in [1.165, 1.54) is 0 Å². The van der Waals surface area contributed by atoms with E-state index in [2.05, 4.69) is 17.1 Å². The van der Waals surface area contributed by atoms with Crippen LogP contribution < -0.4 is 0 Å². The van der Waals surface area contributed by atoms with Gasteiger partial charge in [0.25, 0.3) is 0 Å². The number of thiol groups is 1. The monoisotopic (exact) mass is 534 g/mol. The van der Waals surface area contributed by atoms with Crippen LogP contribution >= 0.6 is 12.9 Å². The molecule has 1 saturated carbocycles. The lowest BCUT2D eigenvalue weighted by molar-refractivity contribution is -0.542. The Balaban J connectivity index is 1.52. The first kappa shape index (κ1) is 27.7. The molecule has 35 heavy (non-hydrogen) atoms. The summed E-state index contributed by atoms with van der Waals surface area (Å²) in [6, 6.07) is 0. The number of aliphatic hydroxyl groups is 10. The summed E-state index contributed by atoms with van der Waals surface area (Å²) in [6.45, 7) is -2.38. The van der Waals surface area contributed by atoms with Gasteiger partial charge in [0, 0.05) is 0 Å². The normalized spacial score (nSPS) is 56.1. The Morgan fingerprint density at radius 1 is 0.743 bits per heavy atom. The molecule has 16 nitrogen and oxygen atoms in total. The Labute approximate surface area is 203 Å². The molecule has 4 rings (SSSR count). The lowest BCUT2D eigenvalue weighted by atomic mass is 9.55. The van der Waals surface area contributed by atoms with Crippen LogP contribution in [0.25, 0.3) is 0 Å². The van der Waals surface area contributed by atoms with Crippen LogP contribution in [0.5, 0.6) is 0 Å². The van der Waals surface area contributed by atoms with Crippen molar-refractivity contribution in [1.82, 2.24) is 0 Å². The lowest BCUT2D eigenvalue weighted by Gasteiger charge is -2.72. The second kappa shape index (κ2) is 10.1. The number of ether oxygens (including phenoxy) is 5. The Morgan fingerprint density at radius 2 is 1.34 bits per heavy atom. The molecular weight excluding hydrogens is 504 g/mol.